The molecule has 2 unspecified atom stereocenters. The van der Waals surface area contributed by atoms with Crippen LogP contribution in [0.25, 0.3) is 4.96 Å². The molecule has 3 heterocycles. The molecule has 0 aromatic carbocycles. The Hall–Kier alpha value is -1.16. The number of sulfonamides is 1. The zero-order chi connectivity index (χ0) is 15.0. The van der Waals surface area contributed by atoms with Crippen LogP contribution >= 0.6 is 11.3 Å². The molecule has 0 saturated carbocycles. The molecule has 0 bridgehead atoms. The van der Waals surface area contributed by atoms with Gasteiger partial charge in [-0.15, -0.1) is 11.3 Å². The summed E-state index contributed by atoms with van der Waals surface area (Å²) < 4.78 is 35.2. The Kier molecular flexibility index (Phi) is 3.91. The SMILES string of the molecule is CCNc1nc2sccn2c1S(=O)(=O)NC1CCOC1C. The van der Waals surface area contributed by atoms with Crippen LogP contribution in [0.5, 0.6) is 0 Å². The average Bonchev–Trinajstić information content (AvgIpc) is 3.06. The van der Waals surface area contributed by atoms with Gasteiger partial charge < -0.3 is 10.1 Å². The Morgan fingerprint density at radius 1 is 1.57 bits per heavy atom. The van der Waals surface area contributed by atoms with Crippen LogP contribution in [0.15, 0.2) is 16.6 Å². The number of nitrogens with one attached hydrogen (secondary N) is 2. The van der Waals surface area contributed by atoms with Crippen molar-refractivity contribution < 1.29 is 13.2 Å². The molecule has 2 aromatic heterocycles. The van der Waals surface area contributed by atoms with Crippen LogP contribution in [0.4, 0.5) is 5.82 Å². The molecule has 2 aromatic rings. The zero-order valence-electron chi connectivity index (χ0n) is 11.9. The fourth-order valence-corrected chi connectivity index (χ4v) is 4.82. The van der Waals surface area contributed by atoms with Gasteiger partial charge in [0.1, 0.15) is 0 Å². The monoisotopic (exact) mass is 330 g/mol. The topological polar surface area (TPSA) is 84.7 Å². The number of ether oxygens (including phenoxy) is 1. The summed E-state index contributed by atoms with van der Waals surface area (Å²) >= 11 is 1.40. The molecule has 0 spiro atoms. The van der Waals surface area contributed by atoms with Crippen molar-refractivity contribution in [2.24, 2.45) is 0 Å². The lowest BCUT2D eigenvalue weighted by Crippen LogP contribution is -2.39. The molecule has 2 N–H and O–H groups in total. The molecular weight excluding hydrogens is 312 g/mol. The number of fused-ring (bicyclic) bond motifs is 1. The summed E-state index contributed by atoms with van der Waals surface area (Å²) in [5.41, 5.74) is 0. The van der Waals surface area contributed by atoms with Crippen LogP contribution in [-0.4, -0.2) is 43.1 Å². The molecule has 1 aliphatic rings. The van der Waals surface area contributed by atoms with E-state index < -0.39 is 10.0 Å². The Labute approximate surface area is 127 Å². The van der Waals surface area contributed by atoms with Crippen molar-refractivity contribution in [2.75, 3.05) is 18.5 Å². The van der Waals surface area contributed by atoms with Crippen molar-refractivity contribution in [2.45, 2.75) is 37.4 Å². The molecule has 3 rings (SSSR count). The molecule has 0 radical (unpaired) electrons. The fraction of sp³-hybridized carbons (Fsp3) is 0.583. The molecule has 0 aliphatic carbocycles. The fourth-order valence-electron chi connectivity index (χ4n) is 2.45. The normalized spacial score (nSPS) is 23.0. The molecule has 1 aliphatic heterocycles. The Morgan fingerprint density at radius 3 is 3.05 bits per heavy atom. The molecule has 7 nitrogen and oxygen atoms in total. The van der Waals surface area contributed by atoms with E-state index in [1.54, 1.807) is 10.6 Å². The molecule has 1 fully saturated rings. The number of rotatable bonds is 5. The second-order valence-corrected chi connectivity index (χ2v) is 7.45. The second kappa shape index (κ2) is 5.56. The standard InChI is InChI=1S/C12H18N4O3S2/c1-3-13-10-11(16-5-7-20-12(16)14-10)21(17,18)15-9-4-6-19-8(9)2/h5,7-9,13,15H,3-4,6H2,1-2H3. The van der Waals surface area contributed by atoms with Crippen LogP contribution in [0.2, 0.25) is 0 Å². The highest BCUT2D eigenvalue weighted by Crippen LogP contribution is 2.26. The first-order valence-corrected chi connectivity index (χ1v) is 9.22. The highest BCUT2D eigenvalue weighted by atomic mass is 32.2. The van der Waals surface area contributed by atoms with Crippen LogP contribution in [0.1, 0.15) is 20.3 Å². The maximum atomic E-state index is 12.7. The van der Waals surface area contributed by atoms with Gasteiger partial charge in [-0.1, -0.05) is 0 Å². The second-order valence-electron chi connectivity index (χ2n) is 4.94. The van der Waals surface area contributed by atoms with Crippen LogP contribution < -0.4 is 10.0 Å². The summed E-state index contributed by atoms with van der Waals surface area (Å²) in [4.78, 5) is 5.00. The van der Waals surface area contributed by atoms with E-state index in [9.17, 15) is 8.42 Å². The van der Waals surface area contributed by atoms with Gasteiger partial charge in [0.05, 0.1) is 12.1 Å². The van der Waals surface area contributed by atoms with Gasteiger partial charge in [0.15, 0.2) is 15.8 Å². The van der Waals surface area contributed by atoms with Gasteiger partial charge >= 0.3 is 0 Å². The largest absolute Gasteiger partial charge is 0.377 e. The van der Waals surface area contributed by atoms with E-state index in [4.69, 9.17) is 4.74 Å². The summed E-state index contributed by atoms with van der Waals surface area (Å²) in [6.45, 7) is 4.97. The van der Waals surface area contributed by atoms with E-state index in [0.717, 1.165) is 0 Å². The van der Waals surface area contributed by atoms with E-state index in [1.807, 2.05) is 19.2 Å². The smallest absolute Gasteiger partial charge is 0.260 e. The number of hydrogen-bond acceptors (Lipinski definition) is 6. The van der Waals surface area contributed by atoms with E-state index >= 15 is 0 Å². The minimum atomic E-state index is -3.67. The molecule has 116 valence electrons. The first-order chi connectivity index (χ1) is 10.0. The first kappa shape index (κ1) is 14.8. The quantitative estimate of drug-likeness (QED) is 0.863. The van der Waals surface area contributed by atoms with Gasteiger partial charge in [0, 0.05) is 24.7 Å². The van der Waals surface area contributed by atoms with Crippen molar-refractivity contribution in [3.63, 3.8) is 0 Å². The maximum Gasteiger partial charge on any atom is 0.260 e. The van der Waals surface area contributed by atoms with E-state index in [2.05, 4.69) is 15.0 Å². The van der Waals surface area contributed by atoms with E-state index in [1.165, 1.54) is 11.3 Å². The predicted octanol–water partition coefficient (Wildman–Crippen LogP) is 1.28. The maximum absolute atomic E-state index is 12.7. The van der Waals surface area contributed by atoms with Crippen LogP contribution in [-0.2, 0) is 14.8 Å². The Morgan fingerprint density at radius 2 is 2.38 bits per heavy atom. The summed E-state index contributed by atoms with van der Waals surface area (Å²) in [6.07, 6.45) is 2.28. The third-order valence-electron chi connectivity index (χ3n) is 3.50. The number of imidazole rings is 1. The van der Waals surface area contributed by atoms with Gasteiger partial charge in [-0.2, -0.15) is 0 Å². The van der Waals surface area contributed by atoms with Crippen molar-refractivity contribution in [1.29, 1.82) is 0 Å². The Balaban J connectivity index is 2.00. The molecule has 2 atom stereocenters. The minimum absolute atomic E-state index is 0.117. The highest BCUT2D eigenvalue weighted by molar-refractivity contribution is 7.89. The predicted molar refractivity (Wildman–Crippen MR) is 81.4 cm³/mol. The first-order valence-electron chi connectivity index (χ1n) is 6.86. The molecule has 9 heteroatoms. The lowest BCUT2D eigenvalue weighted by molar-refractivity contribution is 0.117. The number of hydrogen-bond donors (Lipinski definition) is 2. The van der Waals surface area contributed by atoms with E-state index in [0.29, 0.717) is 30.4 Å². The molecule has 0 amide bonds. The minimum Gasteiger partial charge on any atom is -0.377 e. The van der Waals surface area contributed by atoms with Gasteiger partial charge in [0.2, 0.25) is 0 Å². The Bertz CT molecular complexity index is 737. The number of aromatic nitrogens is 2. The van der Waals surface area contributed by atoms with Crippen LogP contribution in [0.3, 0.4) is 0 Å². The van der Waals surface area contributed by atoms with Gasteiger partial charge in [0.25, 0.3) is 10.0 Å². The van der Waals surface area contributed by atoms with E-state index in [-0.39, 0.29) is 17.2 Å². The summed E-state index contributed by atoms with van der Waals surface area (Å²) in [7, 11) is -3.67. The summed E-state index contributed by atoms with van der Waals surface area (Å²) in [5.74, 6) is 0.392. The van der Waals surface area contributed by atoms with Crippen molar-refractivity contribution >= 4 is 32.1 Å². The van der Waals surface area contributed by atoms with Gasteiger partial charge in [-0.3, -0.25) is 4.40 Å². The lowest BCUT2D eigenvalue weighted by Gasteiger charge is -2.16. The summed E-state index contributed by atoms with van der Waals surface area (Å²) in [5, 5.41) is 5.00. The van der Waals surface area contributed by atoms with Gasteiger partial charge in [-0.05, 0) is 20.3 Å². The van der Waals surface area contributed by atoms with Crippen molar-refractivity contribution in [3.8, 4) is 0 Å². The van der Waals surface area contributed by atoms with Crippen molar-refractivity contribution in [3.05, 3.63) is 11.6 Å². The third kappa shape index (κ3) is 2.66. The summed E-state index contributed by atoms with van der Waals surface area (Å²) in [6, 6.07) is -0.200. The van der Waals surface area contributed by atoms with Crippen molar-refractivity contribution in [1.82, 2.24) is 14.1 Å². The molecule has 21 heavy (non-hydrogen) atoms. The highest BCUT2D eigenvalue weighted by Gasteiger charge is 2.33. The lowest BCUT2D eigenvalue weighted by atomic mass is 10.2. The number of thiazole rings is 1. The molecule has 1 saturated heterocycles. The average molecular weight is 330 g/mol. The third-order valence-corrected chi connectivity index (χ3v) is 5.77. The number of anilines is 1. The van der Waals surface area contributed by atoms with Crippen LogP contribution in [0, 0.1) is 0 Å². The van der Waals surface area contributed by atoms with Gasteiger partial charge in [-0.25, -0.2) is 18.1 Å². The zero-order valence-corrected chi connectivity index (χ0v) is 13.5. The molecular formula is C12H18N4O3S2. The number of nitrogens with zero attached hydrogens (tertiary/aromatic N) is 2.